The summed E-state index contributed by atoms with van der Waals surface area (Å²) in [6, 6.07) is 8.82. The van der Waals surface area contributed by atoms with E-state index < -0.39 is 11.6 Å². The van der Waals surface area contributed by atoms with Crippen LogP contribution in [-0.2, 0) is 13.0 Å². The predicted molar refractivity (Wildman–Crippen MR) is 118 cm³/mol. The second-order valence-corrected chi connectivity index (χ2v) is 8.86. The molecule has 6 nitrogen and oxygen atoms in total. The smallest absolute Gasteiger partial charge is 0.408 e. The molecule has 0 bridgehead atoms. The van der Waals surface area contributed by atoms with Crippen molar-refractivity contribution in [2.45, 2.75) is 30.8 Å². The average Bonchev–Trinajstić information content (AvgIpc) is 3.38. The fourth-order valence-corrected chi connectivity index (χ4v) is 5.19. The zero-order valence-electron chi connectivity index (χ0n) is 16.1. The van der Waals surface area contributed by atoms with Crippen LogP contribution in [0.1, 0.15) is 29.7 Å². The Balaban J connectivity index is 1.53. The summed E-state index contributed by atoms with van der Waals surface area (Å²) in [5, 5.41) is 5.90. The van der Waals surface area contributed by atoms with E-state index >= 15 is 0 Å². The van der Waals surface area contributed by atoms with E-state index in [0.717, 1.165) is 37.0 Å². The minimum absolute atomic E-state index is 0.278. The molecule has 0 amide bonds. The van der Waals surface area contributed by atoms with Crippen LogP contribution >= 0.6 is 23.3 Å². The van der Waals surface area contributed by atoms with Crippen LogP contribution in [0.4, 0.5) is 9.52 Å². The zero-order valence-corrected chi connectivity index (χ0v) is 17.8. The molecule has 3 heterocycles. The maximum atomic E-state index is 14.8. The molecule has 0 unspecified atom stereocenters. The van der Waals surface area contributed by atoms with Gasteiger partial charge in [0.05, 0.1) is 16.5 Å². The Kier molecular flexibility index (Phi) is 5.10. The second kappa shape index (κ2) is 7.90. The number of aromatic nitrogens is 2. The Hall–Kier alpha value is -2.62. The molecule has 0 radical (unpaired) electrons. The van der Waals surface area contributed by atoms with Crippen molar-refractivity contribution in [2.75, 3.05) is 11.3 Å². The highest BCUT2D eigenvalue weighted by atomic mass is 32.2. The van der Waals surface area contributed by atoms with Crippen molar-refractivity contribution in [3.63, 3.8) is 0 Å². The third-order valence-electron chi connectivity index (χ3n) is 5.37. The maximum absolute atomic E-state index is 14.8. The minimum Gasteiger partial charge on any atom is -0.408 e. The first-order chi connectivity index (χ1) is 14.6. The lowest BCUT2D eigenvalue weighted by Gasteiger charge is -2.24. The number of nitrogens with zero attached hydrogens (tertiary/aromatic N) is 2. The SMILES string of the molecule is C[C@H](c1cccc2c1CNCC2)n1c(=O)oc2cc(SNc3nccs3)c(F)cc21. The Morgan fingerprint density at radius 3 is 3.13 bits per heavy atom. The van der Waals surface area contributed by atoms with Crippen molar-refractivity contribution in [1.29, 1.82) is 0 Å². The minimum atomic E-state index is -0.492. The number of halogens is 1. The van der Waals surface area contributed by atoms with Gasteiger partial charge in [0.1, 0.15) is 5.82 Å². The molecule has 1 aliphatic rings. The van der Waals surface area contributed by atoms with Gasteiger partial charge in [0, 0.05) is 30.3 Å². The van der Waals surface area contributed by atoms with Crippen molar-refractivity contribution >= 4 is 39.5 Å². The van der Waals surface area contributed by atoms with Crippen molar-refractivity contribution in [3.8, 4) is 0 Å². The number of anilines is 1. The molecule has 0 spiro atoms. The summed E-state index contributed by atoms with van der Waals surface area (Å²) in [5.41, 5.74) is 4.35. The van der Waals surface area contributed by atoms with Crippen LogP contribution in [0, 0.1) is 5.82 Å². The number of oxazole rings is 1. The van der Waals surface area contributed by atoms with E-state index in [9.17, 15) is 9.18 Å². The molecule has 2 aromatic carbocycles. The number of hydrogen-bond acceptors (Lipinski definition) is 7. The number of hydrogen-bond donors (Lipinski definition) is 2. The molecule has 30 heavy (non-hydrogen) atoms. The van der Waals surface area contributed by atoms with E-state index in [1.54, 1.807) is 12.3 Å². The first-order valence-electron chi connectivity index (χ1n) is 9.60. The molecule has 0 fully saturated rings. The topological polar surface area (TPSA) is 72.1 Å². The highest BCUT2D eigenvalue weighted by Gasteiger charge is 2.23. The van der Waals surface area contributed by atoms with Crippen LogP contribution < -0.4 is 15.8 Å². The summed E-state index contributed by atoms with van der Waals surface area (Å²) in [6.45, 7) is 3.66. The molecule has 0 saturated carbocycles. The number of rotatable bonds is 5. The van der Waals surface area contributed by atoms with Crippen LogP contribution in [0.15, 0.2) is 56.0 Å². The third-order valence-corrected chi connectivity index (χ3v) is 7.01. The summed E-state index contributed by atoms with van der Waals surface area (Å²) >= 11 is 2.52. The quantitative estimate of drug-likeness (QED) is 0.442. The lowest BCUT2D eigenvalue weighted by Crippen LogP contribution is -2.27. The van der Waals surface area contributed by atoms with Crippen molar-refractivity contribution < 1.29 is 8.81 Å². The van der Waals surface area contributed by atoms with E-state index in [0.29, 0.717) is 21.1 Å². The molecule has 154 valence electrons. The molecule has 9 heteroatoms. The second-order valence-electron chi connectivity index (χ2n) is 7.12. The molecule has 5 rings (SSSR count). The Morgan fingerprint density at radius 1 is 1.40 bits per heavy atom. The van der Waals surface area contributed by atoms with Crippen LogP contribution in [-0.4, -0.2) is 16.1 Å². The van der Waals surface area contributed by atoms with Gasteiger partial charge < -0.3 is 14.5 Å². The summed E-state index contributed by atoms with van der Waals surface area (Å²) < 4.78 is 24.9. The van der Waals surface area contributed by atoms with E-state index in [1.165, 1.54) is 33.1 Å². The van der Waals surface area contributed by atoms with Crippen LogP contribution in [0.25, 0.3) is 11.1 Å². The molecule has 0 saturated heterocycles. The van der Waals surface area contributed by atoms with Gasteiger partial charge in [-0.3, -0.25) is 4.57 Å². The predicted octanol–water partition coefficient (Wildman–Crippen LogP) is 4.56. The monoisotopic (exact) mass is 442 g/mol. The van der Waals surface area contributed by atoms with E-state index in [1.807, 2.05) is 24.4 Å². The third kappa shape index (κ3) is 3.42. The number of thiazole rings is 1. The van der Waals surface area contributed by atoms with Gasteiger partial charge in [-0.25, -0.2) is 14.2 Å². The van der Waals surface area contributed by atoms with Crippen LogP contribution in [0.2, 0.25) is 0 Å². The molecule has 0 aliphatic carbocycles. The summed E-state index contributed by atoms with van der Waals surface area (Å²) in [7, 11) is 0. The highest BCUT2D eigenvalue weighted by Crippen LogP contribution is 2.32. The van der Waals surface area contributed by atoms with Gasteiger partial charge in [-0.15, -0.1) is 11.3 Å². The van der Waals surface area contributed by atoms with E-state index in [-0.39, 0.29) is 6.04 Å². The van der Waals surface area contributed by atoms with E-state index in [2.05, 4.69) is 21.1 Å². The molecular formula is C21H19FN4O2S2. The van der Waals surface area contributed by atoms with Crippen molar-refractivity contribution in [1.82, 2.24) is 14.9 Å². The fraction of sp³-hybridized carbons (Fsp3) is 0.238. The van der Waals surface area contributed by atoms with Crippen LogP contribution in [0.5, 0.6) is 0 Å². The first kappa shape index (κ1) is 19.3. The van der Waals surface area contributed by atoms with Crippen molar-refractivity contribution in [3.05, 3.63) is 75.0 Å². The summed E-state index contributed by atoms with van der Waals surface area (Å²) in [6.07, 6.45) is 2.63. The largest absolute Gasteiger partial charge is 0.420 e. The van der Waals surface area contributed by atoms with Gasteiger partial charge >= 0.3 is 5.76 Å². The van der Waals surface area contributed by atoms with Gasteiger partial charge in [0.15, 0.2) is 10.7 Å². The summed E-state index contributed by atoms with van der Waals surface area (Å²) in [4.78, 5) is 17.2. The molecular weight excluding hydrogens is 423 g/mol. The fourth-order valence-electron chi connectivity index (χ4n) is 3.92. The maximum Gasteiger partial charge on any atom is 0.420 e. The lowest BCUT2D eigenvalue weighted by atomic mass is 9.92. The zero-order chi connectivity index (χ0) is 20.7. The molecule has 1 aliphatic heterocycles. The van der Waals surface area contributed by atoms with Crippen LogP contribution in [0.3, 0.4) is 0 Å². The Labute approximate surface area is 180 Å². The Morgan fingerprint density at radius 2 is 2.30 bits per heavy atom. The number of benzene rings is 2. The highest BCUT2D eigenvalue weighted by molar-refractivity contribution is 8.00. The van der Waals surface area contributed by atoms with Crippen molar-refractivity contribution in [2.24, 2.45) is 0 Å². The van der Waals surface area contributed by atoms with E-state index in [4.69, 9.17) is 4.42 Å². The standard InChI is InChI=1S/C21H19FN4O2S2/c1-12(14-4-2-3-13-5-6-23-11-15(13)14)26-17-9-16(22)19(10-18(17)28-21(26)27)30-25-20-24-7-8-29-20/h2-4,7-10,12,23H,5-6,11H2,1H3,(H,24,25)/t12-/m1/s1. The Bertz CT molecular complexity index is 1270. The van der Waals surface area contributed by atoms with Gasteiger partial charge in [-0.05, 0) is 48.5 Å². The summed E-state index contributed by atoms with van der Waals surface area (Å²) in [5.74, 6) is -0.914. The number of nitrogens with one attached hydrogen (secondary N) is 2. The van der Waals surface area contributed by atoms with Gasteiger partial charge in [0.2, 0.25) is 0 Å². The average molecular weight is 443 g/mol. The van der Waals surface area contributed by atoms with Gasteiger partial charge in [-0.2, -0.15) is 0 Å². The molecule has 2 aromatic heterocycles. The normalized spacial score (nSPS) is 14.6. The molecule has 4 aromatic rings. The lowest BCUT2D eigenvalue weighted by molar-refractivity contribution is 0.486. The molecule has 2 N–H and O–H groups in total. The number of fused-ring (bicyclic) bond motifs is 2. The molecule has 1 atom stereocenters. The van der Waals surface area contributed by atoms with Gasteiger partial charge in [-0.1, -0.05) is 18.2 Å². The first-order valence-corrected chi connectivity index (χ1v) is 11.3. The van der Waals surface area contributed by atoms with Gasteiger partial charge in [0.25, 0.3) is 0 Å².